The van der Waals surface area contributed by atoms with Gasteiger partial charge in [-0.15, -0.1) is 0 Å². The lowest BCUT2D eigenvalue weighted by Crippen LogP contribution is -2.39. The van der Waals surface area contributed by atoms with E-state index in [-0.39, 0.29) is 18.7 Å². The van der Waals surface area contributed by atoms with Gasteiger partial charge < -0.3 is 24.4 Å². The number of nitrogens with zero attached hydrogens (tertiary/aromatic N) is 2. The van der Waals surface area contributed by atoms with Gasteiger partial charge in [-0.1, -0.05) is 6.07 Å². The van der Waals surface area contributed by atoms with Crippen LogP contribution in [0.4, 0.5) is 20.6 Å². The molecule has 4 amide bonds. The topological polar surface area (TPSA) is 97.4 Å². The van der Waals surface area contributed by atoms with E-state index in [2.05, 4.69) is 5.32 Å². The lowest BCUT2D eigenvalue weighted by Gasteiger charge is -2.22. The number of halogens is 1. The summed E-state index contributed by atoms with van der Waals surface area (Å²) in [7, 11) is 3.07. The van der Waals surface area contributed by atoms with E-state index < -0.39 is 29.7 Å². The fraction of sp³-hybridized carbons (Fsp3) is 0.276. The molecule has 1 N–H and O–H groups in total. The smallest absolute Gasteiger partial charge is 0.332 e. The summed E-state index contributed by atoms with van der Waals surface area (Å²) in [6, 6.07) is 15.7. The normalized spacial score (nSPS) is 14.9. The van der Waals surface area contributed by atoms with Gasteiger partial charge in [0.05, 0.1) is 32.9 Å². The van der Waals surface area contributed by atoms with Gasteiger partial charge in [0, 0.05) is 12.2 Å². The number of urea groups is 1. The van der Waals surface area contributed by atoms with Crippen molar-refractivity contribution in [2.24, 2.45) is 0 Å². The number of benzene rings is 3. The Morgan fingerprint density at radius 1 is 0.949 bits per heavy atom. The number of hydrogen-bond donors (Lipinski definition) is 1. The molecule has 10 heteroatoms. The first-order valence-electron chi connectivity index (χ1n) is 12.5. The number of methoxy groups -OCH3 is 2. The van der Waals surface area contributed by atoms with E-state index in [0.29, 0.717) is 36.0 Å². The van der Waals surface area contributed by atoms with Crippen molar-refractivity contribution in [2.45, 2.75) is 25.8 Å². The Morgan fingerprint density at radius 2 is 1.64 bits per heavy atom. The lowest BCUT2D eigenvalue weighted by atomic mass is 10.1. The number of ether oxygens (including phenoxy) is 3. The predicted molar refractivity (Wildman–Crippen MR) is 144 cm³/mol. The highest BCUT2D eigenvalue weighted by molar-refractivity contribution is 6.22. The van der Waals surface area contributed by atoms with Crippen LogP contribution < -0.4 is 24.4 Å². The molecule has 0 aromatic heterocycles. The van der Waals surface area contributed by atoms with Crippen molar-refractivity contribution in [1.29, 1.82) is 0 Å². The molecule has 0 spiro atoms. The van der Waals surface area contributed by atoms with Gasteiger partial charge >= 0.3 is 6.03 Å². The van der Waals surface area contributed by atoms with E-state index in [4.69, 9.17) is 14.2 Å². The summed E-state index contributed by atoms with van der Waals surface area (Å²) in [5.74, 6) is 0.305. The van der Waals surface area contributed by atoms with Gasteiger partial charge in [0.25, 0.3) is 5.91 Å². The summed E-state index contributed by atoms with van der Waals surface area (Å²) in [6.07, 6.45) is 0.148. The summed E-state index contributed by atoms with van der Waals surface area (Å²) < 4.78 is 29.6. The van der Waals surface area contributed by atoms with Crippen molar-refractivity contribution in [3.63, 3.8) is 0 Å². The SMILES string of the molecule is CCOc1ccc(NC(=O)C[C@@H]2C(=O)N(c3ccc(F)cc3)C(=O)N2CCc2ccc(OC)c(OC)c2)cc1. The number of amides is 4. The summed E-state index contributed by atoms with van der Waals surface area (Å²) in [5, 5.41) is 2.77. The van der Waals surface area contributed by atoms with Crippen molar-refractivity contribution in [2.75, 3.05) is 37.6 Å². The van der Waals surface area contributed by atoms with Crippen LogP contribution in [-0.2, 0) is 16.0 Å². The molecule has 3 aromatic carbocycles. The number of hydrogen-bond acceptors (Lipinski definition) is 6. The van der Waals surface area contributed by atoms with Gasteiger partial charge in [-0.05, 0) is 79.6 Å². The maximum absolute atomic E-state index is 13.5. The van der Waals surface area contributed by atoms with Crippen LogP contribution in [0, 0.1) is 5.82 Å². The minimum absolute atomic E-state index is 0.165. The van der Waals surface area contributed by atoms with Crippen molar-refractivity contribution >= 4 is 29.2 Å². The Hall–Kier alpha value is -4.60. The second kappa shape index (κ2) is 12.3. The Labute approximate surface area is 226 Å². The van der Waals surface area contributed by atoms with Crippen LogP contribution in [0.25, 0.3) is 0 Å². The maximum Gasteiger partial charge on any atom is 0.332 e. The summed E-state index contributed by atoms with van der Waals surface area (Å²) in [6.45, 7) is 2.56. The standard InChI is InChI=1S/C29H30FN3O6/c1-4-39-23-12-8-21(9-13-23)31-27(34)18-24-28(35)33(22-10-6-20(30)7-11-22)29(36)32(24)16-15-19-5-14-25(37-2)26(17-19)38-3/h5-14,17,24H,4,15-16,18H2,1-3H3,(H,31,34)/t24-/m1/s1. The van der Waals surface area contributed by atoms with Crippen LogP contribution >= 0.6 is 0 Å². The molecule has 0 aliphatic carbocycles. The summed E-state index contributed by atoms with van der Waals surface area (Å²) in [4.78, 5) is 42.2. The predicted octanol–water partition coefficient (Wildman–Crippen LogP) is 4.65. The second-order valence-corrected chi connectivity index (χ2v) is 8.79. The third-order valence-electron chi connectivity index (χ3n) is 6.32. The molecule has 0 unspecified atom stereocenters. The maximum atomic E-state index is 13.5. The molecule has 1 aliphatic rings. The highest BCUT2D eigenvalue weighted by Crippen LogP contribution is 2.30. The van der Waals surface area contributed by atoms with Gasteiger partial charge in [0.2, 0.25) is 5.91 Å². The summed E-state index contributed by atoms with van der Waals surface area (Å²) in [5.41, 5.74) is 1.62. The first-order valence-corrected chi connectivity index (χ1v) is 12.5. The minimum atomic E-state index is -1.04. The van der Waals surface area contributed by atoms with E-state index in [0.717, 1.165) is 10.5 Å². The molecule has 1 fully saturated rings. The Bertz CT molecular complexity index is 1330. The molecule has 1 heterocycles. The van der Waals surface area contributed by atoms with Gasteiger partial charge in [-0.3, -0.25) is 9.59 Å². The molecular weight excluding hydrogens is 505 g/mol. The van der Waals surface area contributed by atoms with Gasteiger partial charge in [0.1, 0.15) is 17.6 Å². The van der Waals surface area contributed by atoms with E-state index in [1.165, 1.54) is 36.3 Å². The minimum Gasteiger partial charge on any atom is -0.494 e. The average Bonchev–Trinajstić information content (AvgIpc) is 3.17. The van der Waals surface area contributed by atoms with Crippen molar-refractivity contribution < 1.29 is 33.0 Å². The van der Waals surface area contributed by atoms with E-state index in [9.17, 15) is 18.8 Å². The zero-order valence-electron chi connectivity index (χ0n) is 22.0. The molecule has 39 heavy (non-hydrogen) atoms. The highest BCUT2D eigenvalue weighted by Gasteiger charge is 2.46. The van der Waals surface area contributed by atoms with Crippen molar-refractivity contribution in [3.05, 3.63) is 78.1 Å². The Morgan fingerprint density at radius 3 is 2.28 bits per heavy atom. The molecule has 3 aromatic rings. The van der Waals surface area contributed by atoms with E-state index in [1.54, 1.807) is 43.5 Å². The number of anilines is 2. The lowest BCUT2D eigenvalue weighted by molar-refractivity contribution is -0.124. The fourth-order valence-corrected chi connectivity index (χ4v) is 4.39. The molecule has 1 atom stereocenters. The number of nitrogens with one attached hydrogen (secondary N) is 1. The number of rotatable bonds is 11. The van der Waals surface area contributed by atoms with Crippen LogP contribution in [0.15, 0.2) is 66.7 Å². The van der Waals surface area contributed by atoms with Gasteiger partial charge in [-0.25, -0.2) is 14.1 Å². The third-order valence-corrected chi connectivity index (χ3v) is 6.32. The molecule has 1 aliphatic heterocycles. The first-order chi connectivity index (χ1) is 18.8. The second-order valence-electron chi connectivity index (χ2n) is 8.79. The third kappa shape index (κ3) is 6.28. The molecule has 9 nitrogen and oxygen atoms in total. The van der Waals surface area contributed by atoms with Crippen LogP contribution in [0.1, 0.15) is 18.9 Å². The highest BCUT2D eigenvalue weighted by atomic mass is 19.1. The number of carbonyl (C=O) groups excluding carboxylic acids is 3. The van der Waals surface area contributed by atoms with Crippen LogP contribution in [0.2, 0.25) is 0 Å². The fourth-order valence-electron chi connectivity index (χ4n) is 4.39. The van der Waals surface area contributed by atoms with E-state index >= 15 is 0 Å². The Balaban J connectivity index is 1.54. The van der Waals surface area contributed by atoms with Crippen LogP contribution in [-0.4, -0.2) is 56.2 Å². The monoisotopic (exact) mass is 535 g/mol. The molecule has 1 saturated heterocycles. The number of imide groups is 1. The zero-order valence-corrected chi connectivity index (χ0v) is 22.0. The number of carbonyl (C=O) groups is 3. The van der Waals surface area contributed by atoms with Crippen LogP contribution in [0.3, 0.4) is 0 Å². The zero-order chi connectivity index (χ0) is 27.9. The van der Waals surface area contributed by atoms with E-state index in [1.807, 2.05) is 13.0 Å². The first kappa shape index (κ1) is 27.4. The quantitative estimate of drug-likeness (QED) is 0.359. The molecule has 0 saturated carbocycles. The Kier molecular flexibility index (Phi) is 8.65. The molecule has 0 radical (unpaired) electrons. The molecule has 204 valence electrons. The molecule has 0 bridgehead atoms. The van der Waals surface area contributed by atoms with Crippen molar-refractivity contribution in [1.82, 2.24) is 4.90 Å². The van der Waals surface area contributed by atoms with Gasteiger partial charge in [-0.2, -0.15) is 0 Å². The summed E-state index contributed by atoms with van der Waals surface area (Å²) >= 11 is 0. The van der Waals surface area contributed by atoms with Crippen LogP contribution in [0.5, 0.6) is 17.2 Å². The van der Waals surface area contributed by atoms with Crippen molar-refractivity contribution in [3.8, 4) is 17.2 Å². The van der Waals surface area contributed by atoms with Gasteiger partial charge in [0.15, 0.2) is 11.5 Å². The largest absolute Gasteiger partial charge is 0.494 e. The molecule has 4 rings (SSSR count). The molecular formula is C29H30FN3O6. The average molecular weight is 536 g/mol.